The quantitative estimate of drug-likeness (QED) is 0.808. The average molecular weight is 278 g/mol. The molecule has 20 heavy (non-hydrogen) atoms. The van der Waals surface area contributed by atoms with Crippen molar-refractivity contribution in [3.05, 3.63) is 29.8 Å². The van der Waals surface area contributed by atoms with Crippen LogP contribution in [-0.2, 0) is 4.74 Å². The van der Waals surface area contributed by atoms with Crippen LogP contribution in [0.1, 0.15) is 44.8 Å². The molecule has 0 heterocycles. The van der Waals surface area contributed by atoms with Crippen molar-refractivity contribution in [2.45, 2.75) is 39.2 Å². The molecule has 1 N–H and O–H groups in total. The summed E-state index contributed by atoms with van der Waals surface area (Å²) < 4.78 is 10.8. The van der Waals surface area contributed by atoms with Gasteiger partial charge in [-0.05, 0) is 30.2 Å². The van der Waals surface area contributed by atoms with Gasteiger partial charge < -0.3 is 14.6 Å². The molecular weight excluding hydrogens is 252 g/mol. The molecule has 0 bridgehead atoms. The van der Waals surface area contributed by atoms with Crippen LogP contribution in [0.3, 0.4) is 0 Å². The highest BCUT2D eigenvalue weighted by atomic mass is 16.5. The summed E-state index contributed by atoms with van der Waals surface area (Å²) in [5.41, 5.74) is 1.10. The first-order valence-corrected chi connectivity index (χ1v) is 7.45. The lowest BCUT2D eigenvalue weighted by molar-refractivity contribution is 0.0499. The molecule has 0 amide bonds. The minimum Gasteiger partial charge on any atom is -0.491 e. The third-order valence-corrected chi connectivity index (χ3v) is 4.50. The number of ether oxygens (including phenoxy) is 2. The molecule has 0 aromatic heterocycles. The fraction of sp³-hybridized carbons (Fsp3) is 0.647. The Balaban J connectivity index is 2.15. The third kappa shape index (κ3) is 3.33. The van der Waals surface area contributed by atoms with Gasteiger partial charge >= 0.3 is 0 Å². The van der Waals surface area contributed by atoms with Gasteiger partial charge in [0.05, 0.1) is 12.7 Å². The molecule has 0 radical (unpaired) electrons. The Morgan fingerprint density at radius 3 is 2.70 bits per heavy atom. The summed E-state index contributed by atoms with van der Waals surface area (Å²) >= 11 is 0. The second-order valence-corrected chi connectivity index (χ2v) is 6.31. The summed E-state index contributed by atoms with van der Waals surface area (Å²) in [5, 5.41) is 10.8. The topological polar surface area (TPSA) is 38.7 Å². The van der Waals surface area contributed by atoms with Crippen molar-refractivity contribution in [2.75, 3.05) is 20.3 Å². The largest absolute Gasteiger partial charge is 0.491 e. The first-order valence-electron chi connectivity index (χ1n) is 7.45. The minimum atomic E-state index is -0.453. The number of rotatable bonds is 6. The standard InChI is InChI=1S/C17H26O3/c1-17(2)10-6-8-14(17)16(18)13-7-4-5-9-15(13)20-12-11-19-3/h4-5,7,9,14,16,18H,6,8,10-12H2,1-3H3. The molecule has 3 nitrogen and oxygen atoms in total. The Labute approximate surface area is 121 Å². The zero-order valence-electron chi connectivity index (χ0n) is 12.8. The number of hydrogen-bond acceptors (Lipinski definition) is 3. The Morgan fingerprint density at radius 1 is 1.30 bits per heavy atom. The van der Waals surface area contributed by atoms with E-state index in [1.807, 2.05) is 24.3 Å². The first-order chi connectivity index (χ1) is 9.56. The molecule has 2 unspecified atom stereocenters. The second-order valence-electron chi connectivity index (χ2n) is 6.31. The van der Waals surface area contributed by atoms with Gasteiger partial charge in [0.25, 0.3) is 0 Å². The maximum atomic E-state index is 10.8. The zero-order chi connectivity index (χ0) is 14.6. The van der Waals surface area contributed by atoms with Crippen LogP contribution >= 0.6 is 0 Å². The highest BCUT2D eigenvalue weighted by Crippen LogP contribution is 2.49. The van der Waals surface area contributed by atoms with E-state index in [9.17, 15) is 5.11 Å². The van der Waals surface area contributed by atoms with Gasteiger partial charge in [-0.25, -0.2) is 0 Å². The molecule has 1 aromatic carbocycles. The smallest absolute Gasteiger partial charge is 0.125 e. The molecule has 1 saturated carbocycles. The highest BCUT2D eigenvalue weighted by Gasteiger charge is 2.40. The predicted molar refractivity (Wildman–Crippen MR) is 79.9 cm³/mol. The molecular formula is C17H26O3. The van der Waals surface area contributed by atoms with Gasteiger partial charge in [0.1, 0.15) is 12.4 Å². The van der Waals surface area contributed by atoms with Crippen molar-refractivity contribution in [3.8, 4) is 5.75 Å². The van der Waals surface area contributed by atoms with Crippen LogP contribution in [0, 0.1) is 11.3 Å². The number of hydrogen-bond donors (Lipinski definition) is 1. The van der Waals surface area contributed by atoms with Gasteiger partial charge in [-0.2, -0.15) is 0 Å². The zero-order valence-corrected chi connectivity index (χ0v) is 12.8. The third-order valence-electron chi connectivity index (χ3n) is 4.50. The molecule has 3 heteroatoms. The van der Waals surface area contributed by atoms with E-state index < -0.39 is 6.10 Å². The Bertz CT molecular complexity index is 428. The van der Waals surface area contributed by atoms with Crippen LogP contribution in [0.5, 0.6) is 5.75 Å². The van der Waals surface area contributed by atoms with E-state index in [1.165, 1.54) is 12.8 Å². The molecule has 112 valence electrons. The van der Waals surface area contributed by atoms with Crippen LogP contribution < -0.4 is 4.74 Å². The van der Waals surface area contributed by atoms with E-state index in [0.717, 1.165) is 17.7 Å². The van der Waals surface area contributed by atoms with Gasteiger partial charge in [0.2, 0.25) is 0 Å². The number of aliphatic hydroxyl groups is 1. The lowest BCUT2D eigenvalue weighted by atomic mass is 9.76. The van der Waals surface area contributed by atoms with Gasteiger partial charge in [0, 0.05) is 12.7 Å². The van der Waals surface area contributed by atoms with E-state index in [0.29, 0.717) is 19.1 Å². The van der Waals surface area contributed by atoms with Crippen molar-refractivity contribution in [1.82, 2.24) is 0 Å². The van der Waals surface area contributed by atoms with Crippen molar-refractivity contribution in [3.63, 3.8) is 0 Å². The van der Waals surface area contributed by atoms with Crippen LogP contribution in [-0.4, -0.2) is 25.4 Å². The summed E-state index contributed by atoms with van der Waals surface area (Å²) in [5.74, 6) is 1.08. The minimum absolute atomic E-state index is 0.194. The fourth-order valence-electron chi connectivity index (χ4n) is 3.25. The fourth-order valence-corrected chi connectivity index (χ4v) is 3.25. The first kappa shape index (κ1) is 15.3. The number of methoxy groups -OCH3 is 1. The number of para-hydroxylation sites is 1. The van der Waals surface area contributed by atoms with Crippen molar-refractivity contribution in [2.24, 2.45) is 11.3 Å². The Kier molecular flexibility index (Phi) is 5.06. The monoisotopic (exact) mass is 278 g/mol. The Hall–Kier alpha value is -1.06. The SMILES string of the molecule is COCCOc1ccccc1C(O)C1CCCC1(C)C. The summed E-state index contributed by atoms with van der Waals surface area (Å²) in [6, 6.07) is 7.80. The summed E-state index contributed by atoms with van der Waals surface area (Å²) in [6.45, 7) is 5.57. The number of benzene rings is 1. The van der Waals surface area contributed by atoms with Crippen LogP contribution in [0.2, 0.25) is 0 Å². The van der Waals surface area contributed by atoms with E-state index in [1.54, 1.807) is 7.11 Å². The van der Waals surface area contributed by atoms with E-state index in [-0.39, 0.29) is 5.41 Å². The van der Waals surface area contributed by atoms with Gasteiger partial charge in [-0.3, -0.25) is 0 Å². The second kappa shape index (κ2) is 6.59. The summed E-state index contributed by atoms with van der Waals surface area (Å²) in [6.07, 6.45) is 3.01. The molecule has 0 saturated heterocycles. The van der Waals surface area contributed by atoms with Crippen molar-refractivity contribution >= 4 is 0 Å². The maximum absolute atomic E-state index is 10.8. The molecule has 2 rings (SSSR count). The van der Waals surface area contributed by atoms with Crippen molar-refractivity contribution in [1.29, 1.82) is 0 Å². The molecule has 1 aromatic rings. The van der Waals surface area contributed by atoms with Gasteiger partial charge in [0.15, 0.2) is 0 Å². The van der Waals surface area contributed by atoms with Gasteiger partial charge in [-0.1, -0.05) is 38.5 Å². The maximum Gasteiger partial charge on any atom is 0.125 e. The summed E-state index contributed by atoms with van der Waals surface area (Å²) in [4.78, 5) is 0. The molecule has 1 aliphatic carbocycles. The lowest BCUT2D eigenvalue weighted by Crippen LogP contribution is -2.24. The van der Waals surface area contributed by atoms with Crippen LogP contribution in [0.15, 0.2) is 24.3 Å². The molecule has 0 aliphatic heterocycles. The van der Waals surface area contributed by atoms with E-state index in [4.69, 9.17) is 9.47 Å². The lowest BCUT2D eigenvalue weighted by Gasteiger charge is -2.32. The highest BCUT2D eigenvalue weighted by molar-refractivity contribution is 5.35. The Morgan fingerprint density at radius 2 is 2.05 bits per heavy atom. The van der Waals surface area contributed by atoms with Crippen LogP contribution in [0.25, 0.3) is 0 Å². The molecule has 1 aliphatic rings. The van der Waals surface area contributed by atoms with Crippen LogP contribution in [0.4, 0.5) is 0 Å². The van der Waals surface area contributed by atoms with Gasteiger partial charge in [-0.15, -0.1) is 0 Å². The molecule has 2 atom stereocenters. The predicted octanol–water partition coefficient (Wildman–Crippen LogP) is 3.57. The van der Waals surface area contributed by atoms with E-state index in [2.05, 4.69) is 13.8 Å². The molecule has 1 fully saturated rings. The number of aliphatic hydroxyl groups excluding tert-OH is 1. The molecule has 0 spiro atoms. The summed E-state index contributed by atoms with van der Waals surface area (Å²) in [7, 11) is 1.66. The van der Waals surface area contributed by atoms with Crippen molar-refractivity contribution < 1.29 is 14.6 Å². The normalized spacial score (nSPS) is 22.7. The van der Waals surface area contributed by atoms with E-state index >= 15 is 0 Å². The average Bonchev–Trinajstić information content (AvgIpc) is 2.78.